The van der Waals surface area contributed by atoms with E-state index in [1.54, 1.807) is 29.5 Å². The van der Waals surface area contributed by atoms with Crippen molar-refractivity contribution in [2.75, 3.05) is 11.9 Å². The maximum atomic E-state index is 11.4. The molecule has 0 unspecified atom stereocenters. The summed E-state index contributed by atoms with van der Waals surface area (Å²) in [6, 6.07) is 9.42. The van der Waals surface area contributed by atoms with Crippen molar-refractivity contribution in [1.82, 2.24) is 40.1 Å². The Bertz CT molecular complexity index is 1340. The van der Waals surface area contributed by atoms with E-state index >= 15 is 0 Å². The Morgan fingerprint density at radius 1 is 1.26 bits per heavy atom. The van der Waals surface area contributed by atoms with Crippen molar-refractivity contribution in [2.24, 2.45) is 0 Å². The molecule has 0 aliphatic carbocycles. The summed E-state index contributed by atoms with van der Waals surface area (Å²) in [7, 11) is 1.76. The maximum Gasteiger partial charge on any atom is 0.342 e. The second-order valence-corrected chi connectivity index (χ2v) is 6.01. The number of H-pyrrole nitrogens is 2. The number of aromatic nitrogens is 8. The molecular weight excluding hydrogens is 350 g/mol. The number of benzene rings is 1. The van der Waals surface area contributed by atoms with Crippen molar-refractivity contribution in [3.05, 3.63) is 46.6 Å². The molecule has 0 spiro atoms. The quantitative estimate of drug-likeness (QED) is 0.491. The molecule has 0 amide bonds. The molecule has 0 aliphatic rings. The van der Waals surface area contributed by atoms with Crippen LogP contribution in [-0.2, 0) is 0 Å². The van der Waals surface area contributed by atoms with Crippen LogP contribution in [0.4, 0.5) is 11.8 Å². The first-order valence-electron chi connectivity index (χ1n) is 8.08. The molecule has 5 rings (SSSR count). The van der Waals surface area contributed by atoms with Crippen LogP contribution < -0.4 is 10.6 Å². The molecular formula is C16H13N9O2. The van der Waals surface area contributed by atoms with Gasteiger partial charge in [0.2, 0.25) is 5.95 Å². The van der Waals surface area contributed by atoms with Crippen LogP contribution in [-0.4, -0.2) is 47.2 Å². The highest BCUT2D eigenvalue weighted by Gasteiger charge is 2.21. The van der Waals surface area contributed by atoms with Crippen LogP contribution in [0.3, 0.4) is 0 Å². The Hall–Kier alpha value is -4.02. The molecule has 134 valence electrons. The molecule has 4 aromatic heterocycles. The largest absolute Gasteiger partial charge is 0.361 e. The molecule has 0 radical (unpaired) electrons. The molecule has 0 bridgehead atoms. The Labute approximate surface area is 150 Å². The van der Waals surface area contributed by atoms with E-state index in [0.717, 1.165) is 10.9 Å². The van der Waals surface area contributed by atoms with Crippen LogP contribution in [0.25, 0.3) is 27.9 Å². The molecule has 0 fully saturated rings. The third-order valence-electron chi connectivity index (χ3n) is 4.23. The van der Waals surface area contributed by atoms with Crippen molar-refractivity contribution < 1.29 is 4.52 Å². The third kappa shape index (κ3) is 2.28. The first-order chi connectivity index (χ1) is 13.1. The Morgan fingerprint density at radius 2 is 2.11 bits per heavy atom. The lowest BCUT2D eigenvalue weighted by atomic mass is 10.2. The third-order valence-corrected chi connectivity index (χ3v) is 4.23. The molecule has 11 nitrogen and oxygen atoms in total. The fourth-order valence-corrected chi connectivity index (χ4v) is 2.97. The lowest BCUT2D eigenvalue weighted by Gasteiger charge is -2.17. The number of nitrogens with one attached hydrogen (secondary N) is 2. The highest BCUT2D eigenvalue weighted by molar-refractivity contribution is 5.94. The minimum atomic E-state index is -0.396. The normalized spacial score (nSPS) is 11.5. The van der Waals surface area contributed by atoms with Gasteiger partial charge in [-0.25, -0.2) is 14.9 Å². The highest BCUT2D eigenvalue weighted by atomic mass is 16.5. The van der Waals surface area contributed by atoms with Crippen LogP contribution in [0.1, 0.15) is 5.76 Å². The molecule has 27 heavy (non-hydrogen) atoms. The predicted octanol–water partition coefficient (Wildman–Crippen LogP) is 1.42. The zero-order chi connectivity index (χ0) is 18.5. The smallest absolute Gasteiger partial charge is 0.342 e. The number of anilines is 2. The van der Waals surface area contributed by atoms with Crippen molar-refractivity contribution in [3.8, 4) is 11.4 Å². The summed E-state index contributed by atoms with van der Waals surface area (Å²) in [6.07, 6.45) is 0. The zero-order valence-corrected chi connectivity index (χ0v) is 14.3. The topological polar surface area (TPSA) is 134 Å². The van der Waals surface area contributed by atoms with Crippen molar-refractivity contribution >= 4 is 28.3 Å². The number of rotatable bonds is 3. The SMILES string of the molecule is Cc1cc(-c2nnn3c2nc(N(C)c2n[nH]c(=O)[nH]2)c2ccccc23)no1. The van der Waals surface area contributed by atoms with E-state index in [1.165, 1.54) is 0 Å². The van der Waals surface area contributed by atoms with E-state index in [-0.39, 0.29) is 0 Å². The fraction of sp³-hybridized carbons (Fsp3) is 0.125. The lowest BCUT2D eigenvalue weighted by Crippen LogP contribution is -2.15. The predicted molar refractivity (Wildman–Crippen MR) is 95.8 cm³/mol. The van der Waals surface area contributed by atoms with Gasteiger partial charge >= 0.3 is 5.69 Å². The average molecular weight is 363 g/mol. The van der Waals surface area contributed by atoms with E-state index in [9.17, 15) is 4.79 Å². The maximum absolute atomic E-state index is 11.4. The first kappa shape index (κ1) is 15.3. The van der Waals surface area contributed by atoms with Gasteiger partial charge in [0.15, 0.2) is 11.3 Å². The van der Waals surface area contributed by atoms with Gasteiger partial charge < -0.3 is 4.52 Å². The molecule has 0 saturated heterocycles. The van der Waals surface area contributed by atoms with E-state index in [2.05, 4.69) is 30.7 Å². The summed E-state index contributed by atoms with van der Waals surface area (Å²) in [5.41, 5.74) is 1.98. The van der Waals surface area contributed by atoms with E-state index in [4.69, 9.17) is 9.51 Å². The summed E-state index contributed by atoms with van der Waals surface area (Å²) < 4.78 is 6.81. The van der Waals surface area contributed by atoms with E-state index in [0.29, 0.717) is 34.6 Å². The molecule has 2 N–H and O–H groups in total. The van der Waals surface area contributed by atoms with Crippen LogP contribution in [0.5, 0.6) is 0 Å². The second kappa shape index (κ2) is 5.49. The van der Waals surface area contributed by atoms with Crippen LogP contribution >= 0.6 is 0 Å². The Balaban J connectivity index is 1.82. The number of hydrogen-bond donors (Lipinski definition) is 2. The molecule has 5 aromatic rings. The summed E-state index contributed by atoms with van der Waals surface area (Å²) in [5, 5.41) is 19.6. The van der Waals surface area contributed by atoms with Crippen molar-refractivity contribution in [3.63, 3.8) is 0 Å². The standard InChI is InChI=1S/C16H13N9O2/c1-8-7-10(22-27-8)12-14-17-13(24(2)15-18-16(26)21-20-15)9-5-3-4-6-11(9)25(14)23-19-12/h3-7H,1-2H3,(H2,18,20,21,26). The van der Waals surface area contributed by atoms with Gasteiger partial charge in [0.25, 0.3) is 0 Å². The number of hydrogen-bond acceptors (Lipinski definition) is 8. The zero-order valence-electron chi connectivity index (χ0n) is 14.3. The number of fused-ring (bicyclic) bond motifs is 3. The van der Waals surface area contributed by atoms with Gasteiger partial charge in [0.05, 0.1) is 5.52 Å². The molecule has 1 aromatic carbocycles. The van der Waals surface area contributed by atoms with Gasteiger partial charge in [-0.15, -0.1) is 10.2 Å². The Morgan fingerprint density at radius 3 is 2.85 bits per heavy atom. The fourth-order valence-electron chi connectivity index (χ4n) is 2.97. The van der Waals surface area contributed by atoms with Gasteiger partial charge in [-0.2, -0.15) is 4.52 Å². The molecule has 11 heteroatoms. The Kier molecular flexibility index (Phi) is 3.10. The van der Waals surface area contributed by atoms with Crippen LogP contribution in [0, 0.1) is 6.92 Å². The molecule has 0 atom stereocenters. The van der Waals surface area contributed by atoms with Crippen LogP contribution in [0.2, 0.25) is 0 Å². The minimum Gasteiger partial charge on any atom is -0.361 e. The summed E-state index contributed by atoms with van der Waals surface area (Å²) >= 11 is 0. The lowest BCUT2D eigenvalue weighted by molar-refractivity contribution is 0.399. The van der Waals surface area contributed by atoms with Crippen molar-refractivity contribution in [1.29, 1.82) is 0 Å². The number of nitrogens with zero attached hydrogens (tertiary/aromatic N) is 7. The van der Waals surface area contributed by atoms with Gasteiger partial charge in [0.1, 0.15) is 17.3 Å². The average Bonchev–Trinajstić information content (AvgIpc) is 3.39. The number of aromatic amines is 2. The summed E-state index contributed by atoms with van der Waals surface area (Å²) in [5.74, 6) is 1.59. The summed E-state index contributed by atoms with van der Waals surface area (Å²) in [4.78, 5) is 20.5. The molecule has 0 aliphatic heterocycles. The van der Waals surface area contributed by atoms with Gasteiger partial charge in [-0.3, -0.25) is 9.88 Å². The monoisotopic (exact) mass is 363 g/mol. The van der Waals surface area contributed by atoms with Crippen molar-refractivity contribution in [2.45, 2.75) is 6.92 Å². The number of para-hydroxylation sites is 1. The highest BCUT2D eigenvalue weighted by Crippen LogP contribution is 2.30. The molecule has 4 heterocycles. The van der Waals surface area contributed by atoms with E-state index in [1.807, 2.05) is 24.3 Å². The second-order valence-electron chi connectivity index (χ2n) is 6.01. The number of aryl methyl sites for hydroxylation is 1. The van der Waals surface area contributed by atoms with E-state index < -0.39 is 5.69 Å². The summed E-state index contributed by atoms with van der Waals surface area (Å²) in [6.45, 7) is 1.80. The first-order valence-corrected chi connectivity index (χ1v) is 8.08. The van der Waals surface area contributed by atoms with Gasteiger partial charge in [-0.1, -0.05) is 22.5 Å². The van der Waals surface area contributed by atoms with Gasteiger partial charge in [-0.05, 0) is 19.1 Å². The minimum absolute atomic E-state index is 0.341. The van der Waals surface area contributed by atoms with Gasteiger partial charge in [0, 0.05) is 18.5 Å². The van der Waals surface area contributed by atoms with Crippen LogP contribution in [0.15, 0.2) is 39.6 Å². The molecule has 0 saturated carbocycles.